The number of ether oxygens (including phenoxy) is 1. The minimum atomic E-state index is -4.40. The highest BCUT2D eigenvalue weighted by Gasteiger charge is 2.20. The normalized spacial score (nSPS) is 13.8. The van der Waals surface area contributed by atoms with Gasteiger partial charge in [-0.1, -0.05) is 219 Å². The van der Waals surface area contributed by atoms with Gasteiger partial charge in [0.05, 0.1) is 27.7 Å². The highest BCUT2D eigenvalue weighted by Crippen LogP contribution is 2.39. The fourth-order valence-corrected chi connectivity index (χ4v) is 8.01. The Balaban J connectivity index is 3.97. The first-order chi connectivity index (χ1) is 26.2. The molecule has 0 aliphatic rings. The molecular formula is C46H97N2O5P. The number of unbranched alkanes of at least 4 members (excludes halogenated alkanes) is 32. The van der Waals surface area contributed by atoms with Crippen LogP contribution in [0.15, 0.2) is 0 Å². The van der Waals surface area contributed by atoms with Crippen molar-refractivity contribution >= 4 is 7.82 Å². The molecule has 7 nitrogen and oxygen atoms in total. The first kappa shape index (κ1) is 54.0. The van der Waals surface area contributed by atoms with Crippen LogP contribution in [0.2, 0.25) is 0 Å². The van der Waals surface area contributed by atoms with Gasteiger partial charge in [-0.3, -0.25) is 4.57 Å². The molecule has 0 aromatic rings. The minimum Gasteiger partial charge on any atom is -0.756 e. The SMILES string of the molecule is CCCCCCCCCCCCCCCCCCCCOCC(CNCCCCCCCCCCCCCCCCCC)OP(=O)([O-])OCC[N+](C)(C)C. The Bertz CT molecular complexity index is 781. The second-order valence-corrected chi connectivity index (χ2v) is 19.0. The van der Waals surface area contributed by atoms with E-state index in [1.165, 1.54) is 199 Å². The van der Waals surface area contributed by atoms with Gasteiger partial charge in [-0.2, -0.15) is 0 Å². The lowest BCUT2D eigenvalue weighted by Gasteiger charge is -2.30. The molecule has 326 valence electrons. The Morgan fingerprint density at radius 3 is 1.19 bits per heavy atom. The van der Waals surface area contributed by atoms with E-state index in [9.17, 15) is 9.46 Å². The Morgan fingerprint density at radius 2 is 0.833 bits per heavy atom. The fraction of sp³-hybridized carbons (Fsp3) is 1.00. The zero-order valence-electron chi connectivity index (χ0n) is 37.3. The van der Waals surface area contributed by atoms with Crippen molar-refractivity contribution in [3.05, 3.63) is 0 Å². The van der Waals surface area contributed by atoms with Crippen LogP contribution in [0, 0.1) is 0 Å². The lowest BCUT2D eigenvalue weighted by Crippen LogP contribution is -2.38. The molecule has 1 N–H and O–H groups in total. The van der Waals surface area contributed by atoms with Gasteiger partial charge in [0.15, 0.2) is 0 Å². The quantitative estimate of drug-likeness (QED) is 0.0376. The van der Waals surface area contributed by atoms with Gasteiger partial charge in [-0.25, -0.2) is 0 Å². The van der Waals surface area contributed by atoms with Gasteiger partial charge in [0.2, 0.25) is 0 Å². The fourth-order valence-electron chi connectivity index (χ4n) is 7.15. The zero-order chi connectivity index (χ0) is 39.7. The molecule has 0 saturated carbocycles. The molecule has 0 fully saturated rings. The molecule has 0 bridgehead atoms. The minimum absolute atomic E-state index is 0.115. The maximum Gasteiger partial charge on any atom is 0.268 e. The summed E-state index contributed by atoms with van der Waals surface area (Å²) in [4.78, 5) is 12.6. The number of hydrogen-bond acceptors (Lipinski definition) is 6. The number of rotatable bonds is 46. The summed E-state index contributed by atoms with van der Waals surface area (Å²) >= 11 is 0. The van der Waals surface area contributed by atoms with Crippen LogP contribution in [0.5, 0.6) is 0 Å². The first-order valence-corrected chi connectivity index (χ1v) is 25.4. The van der Waals surface area contributed by atoms with Crippen LogP contribution in [-0.4, -0.2) is 71.2 Å². The van der Waals surface area contributed by atoms with E-state index in [1.54, 1.807) is 0 Å². The van der Waals surface area contributed by atoms with E-state index in [1.807, 2.05) is 21.1 Å². The van der Waals surface area contributed by atoms with Crippen molar-refractivity contribution in [3.63, 3.8) is 0 Å². The van der Waals surface area contributed by atoms with Crippen LogP contribution in [-0.2, 0) is 18.3 Å². The summed E-state index contributed by atoms with van der Waals surface area (Å²) in [5.74, 6) is 0. The molecule has 0 radical (unpaired) electrons. The molecule has 0 aromatic heterocycles. The van der Waals surface area contributed by atoms with E-state index in [4.69, 9.17) is 13.8 Å². The van der Waals surface area contributed by atoms with Crippen LogP contribution in [0.1, 0.15) is 232 Å². The van der Waals surface area contributed by atoms with Gasteiger partial charge in [-0.05, 0) is 19.4 Å². The van der Waals surface area contributed by atoms with Gasteiger partial charge in [0.25, 0.3) is 7.82 Å². The van der Waals surface area contributed by atoms with E-state index in [0.717, 1.165) is 25.8 Å². The van der Waals surface area contributed by atoms with Gasteiger partial charge in [-0.15, -0.1) is 0 Å². The van der Waals surface area contributed by atoms with Crippen LogP contribution in [0.3, 0.4) is 0 Å². The van der Waals surface area contributed by atoms with Crippen LogP contribution in [0.4, 0.5) is 0 Å². The summed E-state index contributed by atoms with van der Waals surface area (Å²) in [7, 11) is 1.63. The van der Waals surface area contributed by atoms with E-state index in [2.05, 4.69) is 19.2 Å². The maximum atomic E-state index is 12.6. The predicted octanol–water partition coefficient (Wildman–Crippen LogP) is 13.5. The summed E-state index contributed by atoms with van der Waals surface area (Å²) in [5, 5.41) is 3.43. The smallest absolute Gasteiger partial charge is 0.268 e. The average Bonchev–Trinajstić information content (AvgIpc) is 3.12. The van der Waals surface area contributed by atoms with E-state index in [-0.39, 0.29) is 13.2 Å². The highest BCUT2D eigenvalue weighted by molar-refractivity contribution is 7.45. The summed E-state index contributed by atoms with van der Waals surface area (Å²) < 4.78 is 29.9. The second-order valence-electron chi connectivity index (χ2n) is 17.6. The average molecular weight is 789 g/mol. The third-order valence-corrected chi connectivity index (χ3v) is 11.9. The topological polar surface area (TPSA) is 79.9 Å². The number of nitrogens with zero attached hydrogens (tertiary/aromatic N) is 1. The molecule has 0 spiro atoms. The number of phosphoric ester groups is 1. The summed E-state index contributed by atoms with van der Waals surface area (Å²) in [6.45, 7) is 7.49. The number of likely N-dealkylation sites (N-methyl/N-ethyl adjacent to an activating group) is 1. The highest BCUT2D eigenvalue weighted by atomic mass is 31.2. The van der Waals surface area contributed by atoms with Crippen molar-refractivity contribution in [2.24, 2.45) is 0 Å². The Labute approximate surface area is 338 Å². The van der Waals surface area contributed by atoms with Crippen molar-refractivity contribution in [2.45, 2.75) is 238 Å². The van der Waals surface area contributed by atoms with Crippen LogP contribution >= 0.6 is 7.82 Å². The van der Waals surface area contributed by atoms with E-state index >= 15 is 0 Å². The van der Waals surface area contributed by atoms with Gasteiger partial charge >= 0.3 is 0 Å². The summed E-state index contributed by atoms with van der Waals surface area (Å²) in [6.07, 6.45) is 45.6. The number of hydrogen-bond donors (Lipinski definition) is 1. The molecular weight excluding hydrogens is 691 g/mol. The largest absolute Gasteiger partial charge is 0.756 e. The predicted molar refractivity (Wildman–Crippen MR) is 233 cm³/mol. The molecule has 2 atom stereocenters. The standard InChI is InChI=1S/C46H97N2O5P/c1-6-8-10-12-14-16-18-20-22-24-25-27-29-31-33-35-37-39-42-51-45-46(53-54(49,50)52-43-41-48(3,4)5)44-47-40-38-36-34-32-30-28-26-23-21-19-17-15-13-11-9-7-2/h46-47H,6-45H2,1-5H3. The van der Waals surface area contributed by atoms with Crippen molar-refractivity contribution in [1.29, 1.82) is 0 Å². The first-order valence-electron chi connectivity index (χ1n) is 23.9. The Kier molecular flexibility index (Phi) is 41.2. The molecule has 0 rings (SSSR count). The molecule has 0 aliphatic carbocycles. The zero-order valence-corrected chi connectivity index (χ0v) is 38.2. The number of nitrogens with one attached hydrogen (secondary N) is 1. The van der Waals surface area contributed by atoms with Gasteiger partial charge < -0.3 is 28.5 Å². The van der Waals surface area contributed by atoms with Crippen molar-refractivity contribution in [3.8, 4) is 0 Å². The van der Waals surface area contributed by atoms with E-state index in [0.29, 0.717) is 24.2 Å². The monoisotopic (exact) mass is 789 g/mol. The van der Waals surface area contributed by atoms with Crippen molar-refractivity contribution in [1.82, 2.24) is 5.32 Å². The molecule has 0 heterocycles. The summed E-state index contributed by atoms with van der Waals surface area (Å²) in [6, 6.07) is 0. The molecule has 54 heavy (non-hydrogen) atoms. The van der Waals surface area contributed by atoms with Gasteiger partial charge in [0, 0.05) is 13.2 Å². The number of quaternary nitrogens is 1. The van der Waals surface area contributed by atoms with Crippen LogP contribution < -0.4 is 10.2 Å². The lowest BCUT2D eigenvalue weighted by atomic mass is 10.0. The molecule has 2 unspecified atom stereocenters. The Hall–Kier alpha value is -0.0100. The molecule has 0 saturated heterocycles. The molecule has 0 aliphatic heterocycles. The maximum absolute atomic E-state index is 12.6. The Morgan fingerprint density at radius 1 is 0.500 bits per heavy atom. The van der Waals surface area contributed by atoms with Crippen LogP contribution in [0.25, 0.3) is 0 Å². The lowest BCUT2D eigenvalue weighted by molar-refractivity contribution is -0.870. The molecule has 8 heteroatoms. The van der Waals surface area contributed by atoms with Gasteiger partial charge in [0.1, 0.15) is 19.3 Å². The second kappa shape index (κ2) is 41.2. The van der Waals surface area contributed by atoms with Crippen molar-refractivity contribution < 1.29 is 27.7 Å². The summed E-state index contributed by atoms with van der Waals surface area (Å²) in [5.41, 5.74) is 0. The number of phosphoric acid groups is 1. The molecule has 0 aromatic carbocycles. The van der Waals surface area contributed by atoms with Crippen molar-refractivity contribution in [2.75, 3.05) is 60.6 Å². The third-order valence-electron chi connectivity index (χ3n) is 10.8. The molecule has 0 amide bonds. The third kappa shape index (κ3) is 44.7. The van der Waals surface area contributed by atoms with E-state index < -0.39 is 13.9 Å².